The molecule has 0 aliphatic rings. The summed E-state index contributed by atoms with van der Waals surface area (Å²) in [5.41, 5.74) is 0. The summed E-state index contributed by atoms with van der Waals surface area (Å²) < 4.78 is 68.2. The van der Waals surface area contributed by atoms with Crippen LogP contribution in [0.4, 0.5) is 0 Å². The average Bonchev–Trinajstić information content (AvgIpc) is 3.48. The minimum Gasteiger partial charge on any atom is -0.462 e. The summed E-state index contributed by atoms with van der Waals surface area (Å²) in [5, 5.41) is 10.6. The molecule has 19 heteroatoms. The molecule has 3 N–H and O–H groups in total. The number of hydrogen-bond donors (Lipinski definition) is 3. The monoisotopic (exact) mass is 1300 g/mol. The van der Waals surface area contributed by atoms with Gasteiger partial charge in [-0.1, -0.05) is 287 Å². The second-order valence-corrected chi connectivity index (χ2v) is 29.5. The number of carbonyl (C=O) groups is 4. The van der Waals surface area contributed by atoms with E-state index in [1.165, 1.54) is 135 Å². The summed E-state index contributed by atoms with van der Waals surface area (Å²) in [7, 11) is -9.90. The second kappa shape index (κ2) is 58.8. The highest BCUT2D eigenvalue weighted by atomic mass is 31.2. The molecule has 0 radical (unpaired) electrons. The molecule has 0 aromatic carbocycles. The number of aliphatic hydroxyl groups is 1. The lowest BCUT2D eigenvalue weighted by atomic mass is 10.00. The number of unbranched alkanes of at least 4 members (excludes halogenated alkanes) is 31. The Balaban J connectivity index is 5.26. The summed E-state index contributed by atoms with van der Waals surface area (Å²) in [6, 6.07) is 0. The van der Waals surface area contributed by atoms with Crippen LogP contribution in [0.15, 0.2) is 0 Å². The lowest BCUT2D eigenvalue weighted by Gasteiger charge is -2.21. The topological polar surface area (TPSA) is 237 Å². The summed E-state index contributed by atoms with van der Waals surface area (Å²) in [5.74, 6) is 0.829. The van der Waals surface area contributed by atoms with Gasteiger partial charge in [0.2, 0.25) is 0 Å². The van der Waals surface area contributed by atoms with Crippen molar-refractivity contribution in [3.63, 3.8) is 0 Å². The summed E-state index contributed by atoms with van der Waals surface area (Å²) in [4.78, 5) is 72.5. The molecule has 6 atom stereocenters. The third-order valence-corrected chi connectivity index (χ3v) is 18.1. The Labute approximate surface area is 537 Å². The van der Waals surface area contributed by atoms with Crippen molar-refractivity contribution in [2.24, 2.45) is 23.7 Å². The number of hydrogen-bond acceptors (Lipinski definition) is 15. The lowest BCUT2D eigenvalue weighted by molar-refractivity contribution is -0.161. The fraction of sp³-hybridized carbons (Fsp3) is 0.942. The maximum atomic E-state index is 13.0. The first-order valence-corrected chi connectivity index (χ1v) is 38.7. The number of aliphatic hydroxyl groups excluding tert-OH is 1. The Morgan fingerprint density at radius 1 is 0.318 bits per heavy atom. The van der Waals surface area contributed by atoms with Crippen LogP contribution in [0.25, 0.3) is 0 Å². The van der Waals surface area contributed by atoms with Gasteiger partial charge in [0.25, 0.3) is 0 Å². The van der Waals surface area contributed by atoms with E-state index in [0.29, 0.717) is 31.6 Å². The number of ether oxygens (including phenoxy) is 4. The highest BCUT2D eigenvalue weighted by molar-refractivity contribution is 7.47. The van der Waals surface area contributed by atoms with Crippen molar-refractivity contribution in [2.75, 3.05) is 39.6 Å². The van der Waals surface area contributed by atoms with Crippen LogP contribution in [-0.4, -0.2) is 96.7 Å². The van der Waals surface area contributed by atoms with Crippen LogP contribution in [0, 0.1) is 23.7 Å². The Kier molecular flexibility index (Phi) is 57.6. The molecule has 88 heavy (non-hydrogen) atoms. The Morgan fingerprint density at radius 3 is 0.807 bits per heavy atom. The van der Waals surface area contributed by atoms with Gasteiger partial charge in [0.1, 0.15) is 19.3 Å². The lowest BCUT2D eigenvalue weighted by Crippen LogP contribution is -2.30. The molecule has 0 fully saturated rings. The summed E-state index contributed by atoms with van der Waals surface area (Å²) in [6.07, 6.45) is 40.4. The molecular weight excluding hydrogens is 1160 g/mol. The highest BCUT2D eigenvalue weighted by Crippen LogP contribution is 2.45. The number of carbonyl (C=O) groups excluding carboxylic acids is 4. The van der Waals surface area contributed by atoms with Gasteiger partial charge in [0.15, 0.2) is 12.2 Å². The second-order valence-electron chi connectivity index (χ2n) is 26.6. The molecule has 17 nitrogen and oxygen atoms in total. The van der Waals surface area contributed by atoms with Crippen molar-refractivity contribution in [2.45, 2.75) is 356 Å². The van der Waals surface area contributed by atoms with E-state index in [1.807, 2.05) is 0 Å². The van der Waals surface area contributed by atoms with E-state index in [1.54, 1.807) is 0 Å². The van der Waals surface area contributed by atoms with Crippen LogP contribution >= 0.6 is 15.6 Å². The third-order valence-electron chi connectivity index (χ3n) is 16.2. The van der Waals surface area contributed by atoms with Crippen LogP contribution in [0.3, 0.4) is 0 Å². The third kappa shape index (κ3) is 61.6. The molecule has 0 aliphatic heterocycles. The largest absolute Gasteiger partial charge is 0.472 e. The number of phosphoric ester groups is 2. The predicted octanol–water partition coefficient (Wildman–Crippen LogP) is 19.3. The molecule has 0 heterocycles. The minimum atomic E-state index is -4.95. The quantitative estimate of drug-likeness (QED) is 0.0222. The molecule has 0 rings (SSSR count). The van der Waals surface area contributed by atoms with Gasteiger partial charge in [-0.2, -0.15) is 0 Å². The number of esters is 4. The van der Waals surface area contributed by atoms with Crippen LogP contribution in [-0.2, 0) is 65.4 Å². The van der Waals surface area contributed by atoms with Gasteiger partial charge in [-0.05, 0) is 49.4 Å². The van der Waals surface area contributed by atoms with Gasteiger partial charge < -0.3 is 33.8 Å². The van der Waals surface area contributed by atoms with Crippen molar-refractivity contribution in [1.29, 1.82) is 0 Å². The van der Waals surface area contributed by atoms with E-state index < -0.39 is 97.5 Å². The normalized spacial score (nSPS) is 14.6. The smallest absolute Gasteiger partial charge is 0.462 e. The SMILES string of the molecule is CCC(C)CCCCCCCCC(=O)OC[C@H](COP(=O)(O)OC[C@H](O)COP(=O)(O)OC[C@@H](COC(=O)CCCCCCCCCCCCC(C)C)OC(=O)CCCCCCCCCCCCCCC(C)C)OC(=O)CCCCCCCCCC(C)C. The molecule has 0 saturated carbocycles. The number of phosphoric acid groups is 2. The zero-order valence-electron chi connectivity index (χ0n) is 57.3. The molecule has 522 valence electrons. The molecule has 0 aromatic heterocycles. The molecule has 0 bridgehead atoms. The van der Waals surface area contributed by atoms with Crippen molar-refractivity contribution in [3.05, 3.63) is 0 Å². The first kappa shape index (κ1) is 86.1. The Morgan fingerprint density at radius 2 is 0.545 bits per heavy atom. The highest BCUT2D eigenvalue weighted by Gasteiger charge is 2.30. The minimum absolute atomic E-state index is 0.102. The van der Waals surface area contributed by atoms with Gasteiger partial charge in [0.05, 0.1) is 26.4 Å². The van der Waals surface area contributed by atoms with Gasteiger partial charge in [0, 0.05) is 25.7 Å². The molecular formula is C69H134O17P2. The Hall–Kier alpha value is -1.94. The van der Waals surface area contributed by atoms with E-state index in [2.05, 4.69) is 55.4 Å². The van der Waals surface area contributed by atoms with E-state index in [9.17, 15) is 43.2 Å². The standard InChI is InChI=1S/C69H134O17P2/c1-9-62(8)48-40-32-27-28-34-42-50-67(72)80-56-65(86-69(74)52-44-36-26-20-23-31-39-47-61(6)7)58-84-88(77,78)82-54-63(70)53-81-87(75,76)83-57-64(55-79-66(71)49-41-33-24-18-15-14-17-22-30-38-46-60(4)5)85-68(73)51-43-35-25-19-13-11-10-12-16-21-29-37-45-59(2)3/h59-65,70H,9-58H2,1-8H3,(H,75,76)(H,77,78)/t62?,63-,64-,65-/m1/s1. The summed E-state index contributed by atoms with van der Waals surface area (Å²) in [6.45, 7) is 14.0. The maximum absolute atomic E-state index is 13.0. The summed E-state index contributed by atoms with van der Waals surface area (Å²) >= 11 is 0. The fourth-order valence-corrected chi connectivity index (χ4v) is 11.9. The first-order valence-electron chi connectivity index (χ1n) is 35.7. The average molecular weight is 1300 g/mol. The van der Waals surface area contributed by atoms with Crippen molar-refractivity contribution in [1.82, 2.24) is 0 Å². The van der Waals surface area contributed by atoms with Crippen LogP contribution in [0.5, 0.6) is 0 Å². The Bertz CT molecular complexity index is 1750. The zero-order valence-corrected chi connectivity index (χ0v) is 59.1. The van der Waals surface area contributed by atoms with Crippen molar-refractivity contribution in [3.8, 4) is 0 Å². The number of rotatable bonds is 66. The van der Waals surface area contributed by atoms with Crippen LogP contribution < -0.4 is 0 Å². The predicted molar refractivity (Wildman–Crippen MR) is 354 cm³/mol. The molecule has 0 spiro atoms. The molecule has 0 aromatic rings. The van der Waals surface area contributed by atoms with Gasteiger partial charge in [-0.3, -0.25) is 37.3 Å². The zero-order chi connectivity index (χ0) is 65.4. The first-order chi connectivity index (χ1) is 42.1. The van der Waals surface area contributed by atoms with Crippen molar-refractivity contribution < 1.29 is 80.2 Å². The molecule has 0 amide bonds. The van der Waals surface area contributed by atoms with Gasteiger partial charge >= 0.3 is 39.5 Å². The van der Waals surface area contributed by atoms with E-state index >= 15 is 0 Å². The molecule has 3 unspecified atom stereocenters. The van der Waals surface area contributed by atoms with E-state index in [0.717, 1.165) is 114 Å². The van der Waals surface area contributed by atoms with Crippen molar-refractivity contribution >= 4 is 39.5 Å². The van der Waals surface area contributed by atoms with Crippen LogP contribution in [0.1, 0.15) is 338 Å². The van der Waals surface area contributed by atoms with Gasteiger partial charge in [-0.25, -0.2) is 9.13 Å². The fourth-order valence-electron chi connectivity index (χ4n) is 10.3. The van der Waals surface area contributed by atoms with E-state index in [4.69, 9.17) is 37.0 Å². The van der Waals surface area contributed by atoms with E-state index in [-0.39, 0.29) is 25.7 Å². The maximum Gasteiger partial charge on any atom is 0.472 e. The molecule has 0 saturated heterocycles. The van der Waals surface area contributed by atoms with Gasteiger partial charge in [-0.15, -0.1) is 0 Å². The van der Waals surface area contributed by atoms with Crippen LogP contribution in [0.2, 0.25) is 0 Å². The molecule has 0 aliphatic carbocycles.